The Bertz CT molecular complexity index is 705. The number of nitrogens with zero attached hydrogens (tertiary/aromatic N) is 1. The molecular formula is C15H16F3N3O3. The summed E-state index contributed by atoms with van der Waals surface area (Å²) in [7, 11) is 0. The van der Waals surface area contributed by atoms with Crippen molar-refractivity contribution in [3.8, 4) is 0 Å². The van der Waals surface area contributed by atoms with Crippen LogP contribution in [0, 0.1) is 17.5 Å². The van der Waals surface area contributed by atoms with E-state index in [1.54, 1.807) is 13.8 Å². The summed E-state index contributed by atoms with van der Waals surface area (Å²) in [5, 5.41) is 4.55. The summed E-state index contributed by atoms with van der Waals surface area (Å²) < 4.78 is 39.5. The van der Waals surface area contributed by atoms with Crippen LogP contribution in [0.25, 0.3) is 0 Å². The molecule has 130 valence electrons. The second-order valence-electron chi connectivity index (χ2n) is 5.38. The molecule has 0 radical (unpaired) electrons. The second-order valence-corrected chi connectivity index (χ2v) is 5.38. The number of halogens is 3. The molecule has 1 fully saturated rings. The van der Waals surface area contributed by atoms with Gasteiger partial charge in [0.1, 0.15) is 12.1 Å². The molecule has 0 aliphatic carbocycles. The van der Waals surface area contributed by atoms with Crippen molar-refractivity contribution < 1.29 is 27.6 Å². The van der Waals surface area contributed by atoms with E-state index in [4.69, 9.17) is 0 Å². The molecule has 0 spiro atoms. The van der Waals surface area contributed by atoms with E-state index in [0.717, 1.165) is 6.07 Å². The highest BCUT2D eigenvalue weighted by atomic mass is 19.2. The molecule has 0 atom stereocenters. The van der Waals surface area contributed by atoms with Crippen molar-refractivity contribution in [1.29, 1.82) is 0 Å². The van der Waals surface area contributed by atoms with Gasteiger partial charge >= 0.3 is 6.03 Å². The predicted molar refractivity (Wildman–Crippen MR) is 78.5 cm³/mol. The lowest BCUT2D eigenvalue weighted by molar-refractivity contribution is -0.134. The zero-order valence-corrected chi connectivity index (χ0v) is 13.1. The van der Waals surface area contributed by atoms with Crippen LogP contribution in [0.1, 0.15) is 26.7 Å². The van der Waals surface area contributed by atoms with E-state index in [0.29, 0.717) is 23.8 Å². The Kier molecular flexibility index (Phi) is 4.81. The minimum Gasteiger partial charge on any atom is -0.323 e. The van der Waals surface area contributed by atoms with Gasteiger partial charge in [0, 0.05) is 0 Å². The van der Waals surface area contributed by atoms with E-state index in [1.807, 2.05) is 5.32 Å². The molecule has 2 rings (SSSR count). The van der Waals surface area contributed by atoms with Gasteiger partial charge in [-0.05, 0) is 25.0 Å². The predicted octanol–water partition coefficient (Wildman–Crippen LogP) is 2.15. The molecular weight excluding hydrogens is 327 g/mol. The van der Waals surface area contributed by atoms with Gasteiger partial charge in [0.15, 0.2) is 17.5 Å². The van der Waals surface area contributed by atoms with Crippen molar-refractivity contribution >= 4 is 23.5 Å². The molecule has 1 saturated heterocycles. The number of amides is 4. The van der Waals surface area contributed by atoms with Crippen LogP contribution in [-0.2, 0) is 9.59 Å². The van der Waals surface area contributed by atoms with Gasteiger partial charge < -0.3 is 10.6 Å². The first kappa shape index (κ1) is 17.8. The van der Waals surface area contributed by atoms with Gasteiger partial charge in [-0.25, -0.2) is 18.0 Å². The Morgan fingerprint density at radius 1 is 1.17 bits per heavy atom. The molecule has 0 bridgehead atoms. The van der Waals surface area contributed by atoms with Crippen molar-refractivity contribution in [2.24, 2.45) is 0 Å². The van der Waals surface area contributed by atoms with Crippen molar-refractivity contribution in [1.82, 2.24) is 10.2 Å². The first-order chi connectivity index (χ1) is 11.3. The van der Waals surface area contributed by atoms with Gasteiger partial charge in [-0.15, -0.1) is 0 Å². The fraction of sp³-hybridized carbons (Fsp3) is 0.400. The molecule has 9 heteroatoms. The van der Waals surface area contributed by atoms with Crippen LogP contribution in [0.15, 0.2) is 12.1 Å². The standard InChI is InChI=1S/C15H16F3N3O3/c1-3-15(4-2)13(23)21(14(24)20-15)7-10(22)19-9-6-5-8(16)11(17)12(9)18/h5-6H,3-4,7H2,1-2H3,(H,19,22)(H,20,24). The smallest absolute Gasteiger partial charge is 0.323 e. The van der Waals surface area contributed by atoms with Gasteiger partial charge in [-0.1, -0.05) is 13.8 Å². The van der Waals surface area contributed by atoms with Crippen LogP contribution >= 0.6 is 0 Å². The van der Waals surface area contributed by atoms with Crippen molar-refractivity contribution in [3.63, 3.8) is 0 Å². The van der Waals surface area contributed by atoms with Gasteiger partial charge in [0.05, 0.1) is 5.69 Å². The van der Waals surface area contributed by atoms with Crippen LogP contribution < -0.4 is 10.6 Å². The van der Waals surface area contributed by atoms with Gasteiger partial charge in [0.25, 0.3) is 5.91 Å². The zero-order chi connectivity index (χ0) is 18.1. The average molecular weight is 343 g/mol. The molecule has 24 heavy (non-hydrogen) atoms. The Morgan fingerprint density at radius 3 is 2.33 bits per heavy atom. The normalized spacial score (nSPS) is 16.3. The monoisotopic (exact) mass is 343 g/mol. The van der Waals surface area contributed by atoms with Crippen LogP contribution in [0.2, 0.25) is 0 Å². The number of hydrogen-bond donors (Lipinski definition) is 2. The molecule has 0 saturated carbocycles. The largest absolute Gasteiger partial charge is 0.325 e. The van der Waals surface area contributed by atoms with Crippen molar-refractivity contribution in [2.75, 3.05) is 11.9 Å². The lowest BCUT2D eigenvalue weighted by Crippen LogP contribution is -2.46. The summed E-state index contributed by atoms with van der Waals surface area (Å²) in [5.41, 5.74) is -1.65. The quantitative estimate of drug-likeness (QED) is 0.635. The molecule has 1 aliphatic heterocycles. The third-order valence-corrected chi connectivity index (χ3v) is 4.06. The molecule has 1 aromatic rings. The summed E-state index contributed by atoms with van der Waals surface area (Å²) in [4.78, 5) is 36.9. The number of anilines is 1. The first-order valence-electron chi connectivity index (χ1n) is 7.33. The summed E-state index contributed by atoms with van der Waals surface area (Å²) in [6.45, 7) is 2.79. The summed E-state index contributed by atoms with van der Waals surface area (Å²) in [6, 6.07) is 0.769. The third-order valence-electron chi connectivity index (χ3n) is 4.06. The van der Waals surface area contributed by atoms with Gasteiger partial charge in [-0.2, -0.15) is 0 Å². The lowest BCUT2D eigenvalue weighted by Gasteiger charge is -2.23. The highest BCUT2D eigenvalue weighted by Gasteiger charge is 2.49. The number of rotatable bonds is 5. The fourth-order valence-corrected chi connectivity index (χ4v) is 2.50. The maximum absolute atomic E-state index is 13.5. The Hall–Kier alpha value is -2.58. The highest BCUT2D eigenvalue weighted by molar-refractivity contribution is 6.10. The van der Waals surface area contributed by atoms with E-state index in [-0.39, 0.29) is 0 Å². The topological polar surface area (TPSA) is 78.5 Å². The summed E-state index contributed by atoms with van der Waals surface area (Å²) in [5.74, 6) is -6.14. The highest BCUT2D eigenvalue weighted by Crippen LogP contribution is 2.25. The molecule has 1 aromatic carbocycles. The van der Waals surface area contributed by atoms with E-state index in [2.05, 4.69) is 5.32 Å². The van der Waals surface area contributed by atoms with Crippen LogP contribution in [0.3, 0.4) is 0 Å². The SMILES string of the molecule is CCC1(CC)NC(=O)N(CC(=O)Nc2ccc(F)c(F)c2F)C1=O. The number of carbonyl (C=O) groups is 3. The Morgan fingerprint density at radius 2 is 1.79 bits per heavy atom. The fourth-order valence-electron chi connectivity index (χ4n) is 2.50. The van der Waals surface area contributed by atoms with Crippen LogP contribution in [0.4, 0.5) is 23.7 Å². The lowest BCUT2D eigenvalue weighted by atomic mass is 9.93. The van der Waals surface area contributed by atoms with Crippen LogP contribution in [0.5, 0.6) is 0 Å². The number of hydrogen-bond acceptors (Lipinski definition) is 3. The minimum atomic E-state index is -1.72. The second kappa shape index (κ2) is 6.50. The van der Waals surface area contributed by atoms with E-state index >= 15 is 0 Å². The number of benzene rings is 1. The van der Waals surface area contributed by atoms with E-state index < -0.39 is 53.1 Å². The summed E-state index contributed by atoms with van der Waals surface area (Å²) >= 11 is 0. The number of nitrogens with one attached hydrogen (secondary N) is 2. The van der Waals surface area contributed by atoms with Gasteiger partial charge in [-0.3, -0.25) is 14.5 Å². The number of imide groups is 1. The average Bonchev–Trinajstić information content (AvgIpc) is 2.80. The number of carbonyl (C=O) groups excluding carboxylic acids is 3. The summed E-state index contributed by atoms with van der Waals surface area (Å²) in [6.07, 6.45) is 0.702. The minimum absolute atomic E-state index is 0.351. The molecule has 1 heterocycles. The van der Waals surface area contributed by atoms with Gasteiger partial charge in [0.2, 0.25) is 5.91 Å². The van der Waals surface area contributed by atoms with E-state index in [9.17, 15) is 27.6 Å². The van der Waals surface area contributed by atoms with E-state index in [1.165, 1.54) is 0 Å². The third kappa shape index (κ3) is 2.93. The molecule has 4 amide bonds. The zero-order valence-electron chi connectivity index (χ0n) is 13.1. The van der Waals surface area contributed by atoms with Crippen LogP contribution in [-0.4, -0.2) is 34.8 Å². The molecule has 2 N–H and O–H groups in total. The molecule has 1 aliphatic rings. The Balaban J connectivity index is 2.12. The molecule has 0 aromatic heterocycles. The first-order valence-corrected chi connectivity index (χ1v) is 7.33. The molecule has 6 nitrogen and oxygen atoms in total. The van der Waals surface area contributed by atoms with Crippen molar-refractivity contribution in [3.05, 3.63) is 29.6 Å². The number of urea groups is 1. The van der Waals surface area contributed by atoms with Crippen molar-refractivity contribution in [2.45, 2.75) is 32.2 Å². The maximum Gasteiger partial charge on any atom is 0.325 e. The Labute approximate surface area is 136 Å². The molecule has 0 unspecified atom stereocenters. The maximum atomic E-state index is 13.5.